The zero-order chi connectivity index (χ0) is 13.4. The summed E-state index contributed by atoms with van der Waals surface area (Å²) >= 11 is 3.60. The topological polar surface area (TPSA) is 34.0 Å². The SMILES string of the molecule is CNC(=O)c1cc2cc(C)cc(Br)c2n1C(C)C. The third-order valence-electron chi connectivity index (χ3n) is 3.01. The summed E-state index contributed by atoms with van der Waals surface area (Å²) in [6.07, 6.45) is 0. The zero-order valence-corrected chi connectivity index (χ0v) is 12.6. The zero-order valence-electron chi connectivity index (χ0n) is 11.0. The van der Waals surface area contributed by atoms with Gasteiger partial charge in [0.25, 0.3) is 5.91 Å². The van der Waals surface area contributed by atoms with Crippen LogP contribution in [0.4, 0.5) is 0 Å². The lowest BCUT2D eigenvalue weighted by atomic mass is 10.2. The molecule has 0 saturated carbocycles. The monoisotopic (exact) mass is 308 g/mol. The van der Waals surface area contributed by atoms with Gasteiger partial charge in [0.1, 0.15) is 5.69 Å². The third kappa shape index (κ3) is 2.05. The van der Waals surface area contributed by atoms with Crippen LogP contribution in [0.15, 0.2) is 22.7 Å². The van der Waals surface area contributed by atoms with Crippen LogP contribution in [0.25, 0.3) is 10.9 Å². The quantitative estimate of drug-likeness (QED) is 0.902. The van der Waals surface area contributed by atoms with Crippen molar-refractivity contribution >= 4 is 32.7 Å². The van der Waals surface area contributed by atoms with Crippen LogP contribution in [-0.2, 0) is 0 Å². The number of halogens is 1. The number of aryl methyl sites for hydroxylation is 1. The summed E-state index contributed by atoms with van der Waals surface area (Å²) in [5, 5.41) is 3.79. The Balaban J connectivity index is 2.84. The smallest absolute Gasteiger partial charge is 0.267 e. The van der Waals surface area contributed by atoms with Crippen molar-refractivity contribution in [2.45, 2.75) is 26.8 Å². The molecule has 0 spiro atoms. The lowest BCUT2D eigenvalue weighted by Gasteiger charge is -2.14. The number of carbonyl (C=O) groups is 1. The van der Waals surface area contributed by atoms with Crippen molar-refractivity contribution in [2.75, 3.05) is 7.05 Å². The molecule has 2 aromatic rings. The normalized spacial score (nSPS) is 11.2. The number of nitrogens with zero attached hydrogens (tertiary/aromatic N) is 1. The van der Waals surface area contributed by atoms with Crippen molar-refractivity contribution in [3.63, 3.8) is 0 Å². The first kappa shape index (κ1) is 13.1. The van der Waals surface area contributed by atoms with Gasteiger partial charge in [0.2, 0.25) is 0 Å². The second kappa shape index (κ2) is 4.76. The number of fused-ring (bicyclic) bond motifs is 1. The van der Waals surface area contributed by atoms with E-state index in [0.717, 1.165) is 15.4 Å². The van der Waals surface area contributed by atoms with Gasteiger partial charge >= 0.3 is 0 Å². The fourth-order valence-corrected chi connectivity index (χ4v) is 3.08. The van der Waals surface area contributed by atoms with Gasteiger partial charge in [-0.3, -0.25) is 4.79 Å². The first-order valence-electron chi connectivity index (χ1n) is 5.99. The van der Waals surface area contributed by atoms with E-state index in [9.17, 15) is 4.79 Å². The van der Waals surface area contributed by atoms with Crippen molar-refractivity contribution < 1.29 is 4.79 Å². The Morgan fingerprint density at radius 2 is 2.00 bits per heavy atom. The Bertz CT molecular complexity index is 614. The average Bonchev–Trinajstić information content (AvgIpc) is 2.67. The van der Waals surface area contributed by atoms with Gasteiger partial charge in [0, 0.05) is 22.9 Å². The average molecular weight is 309 g/mol. The molecule has 1 aromatic carbocycles. The van der Waals surface area contributed by atoms with Gasteiger partial charge in [-0.2, -0.15) is 0 Å². The second-order valence-electron chi connectivity index (χ2n) is 4.76. The van der Waals surface area contributed by atoms with E-state index in [1.165, 1.54) is 5.56 Å². The summed E-state index contributed by atoms with van der Waals surface area (Å²) in [7, 11) is 1.66. The highest BCUT2D eigenvalue weighted by atomic mass is 79.9. The number of rotatable bonds is 2. The summed E-state index contributed by atoms with van der Waals surface area (Å²) in [5.41, 5.74) is 2.96. The number of benzene rings is 1. The van der Waals surface area contributed by atoms with E-state index in [4.69, 9.17) is 0 Å². The fourth-order valence-electron chi connectivity index (χ4n) is 2.30. The molecule has 0 bridgehead atoms. The maximum atomic E-state index is 12.0. The molecule has 1 amide bonds. The van der Waals surface area contributed by atoms with Gasteiger partial charge in [-0.1, -0.05) is 0 Å². The highest BCUT2D eigenvalue weighted by molar-refractivity contribution is 9.10. The molecular weight excluding hydrogens is 292 g/mol. The van der Waals surface area contributed by atoms with Crippen molar-refractivity contribution in [2.24, 2.45) is 0 Å². The lowest BCUT2D eigenvalue weighted by Crippen LogP contribution is -2.22. The molecule has 18 heavy (non-hydrogen) atoms. The van der Waals surface area contributed by atoms with E-state index in [-0.39, 0.29) is 11.9 Å². The van der Waals surface area contributed by atoms with E-state index in [1.807, 2.05) is 6.07 Å². The fraction of sp³-hybridized carbons (Fsp3) is 0.357. The van der Waals surface area contributed by atoms with E-state index < -0.39 is 0 Å². The van der Waals surface area contributed by atoms with Crippen LogP contribution in [0.5, 0.6) is 0 Å². The molecule has 0 saturated heterocycles. The minimum atomic E-state index is -0.0514. The number of nitrogens with one attached hydrogen (secondary N) is 1. The third-order valence-corrected chi connectivity index (χ3v) is 3.61. The van der Waals surface area contributed by atoms with Crippen LogP contribution in [-0.4, -0.2) is 17.5 Å². The Kier molecular flexibility index (Phi) is 3.48. The Labute approximate surface area is 115 Å². The van der Waals surface area contributed by atoms with E-state index in [2.05, 4.69) is 58.7 Å². The first-order chi connectivity index (χ1) is 8.45. The molecule has 96 valence electrons. The Hall–Kier alpha value is -1.29. The molecule has 3 nitrogen and oxygen atoms in total. The maximum Gasteiger partial charge on any atom is 0.267 e. The summed E-state index contributed by atoms with van der Waals surface area (Å²) in [6, 6.07) is 6.36. The van der Waals surface area contributed by atoms with E-state index in [0.29, 0.717) is 5.69 Å². The van der Waals surface area contributed by atoms with E-state index in [1.54, 1.807) is 7.05 Å². The standard InChI is InChI=1S/C14H17BrN2O/c1-8(2)17-12(14(18)16-4)7-10-5-9(3)6-11(15)13(10)17/h5-8H,1-4H3,(H,16,18). The van der Waals surface area contributed by atoms with Gasteiger partial charge in [0.15, 0.2) is 0 Å². The Morgan fingerprint density at radius 1 is 1.33 bits per heavy atom. The summed E-state index contributed by atoms with van der Waals surface area (Å²) in [4.78, 5) is 12.0. The highest BCUT2D eigenvalue weighted by Crippen LogP contribution is 2.31. The summed E-state index contributed by atoms with van der Waals surface area (Å²) in [6.45, 7) is 6.22. The predicted molar refractivity (Wildman–Crippen MR) is 78.2 cm³/mol. The molecule has 1 aromatic heterocycles. The van der Waals surface area contributed by atoms with Crippen molar-refractivity contribution in [3.05, 3.63) is 33.9 Å². The van der Waals surface area contributed by atoms with Crippen LogP contribution >= 0.6 is 15.9 Å². The molecule has 4 heteroatoms. The van der Waals surface area contributed by atoms with Crippen LogP contribution in [0.1, 0.15) is 35.9 Å². The summed E-state index contributed by atoms with van der Waals surface area (Å²) in [5.74, 6) is -0.0514. The largest absolute Gasteiger partial charge is 0.354 e. The highest BCUT2D eigenvalue weighted by Gasteiger charge is 2.18. The van der Waals surface area contributed by atoms with Crippen LogP contribution in [0, 0.1) is 6.92 Å². The van der Waals surface area contributed by atoms with Crippen LogP contribution < -0.4 is 5.32 Å². The predicted octanol–water partition coefficient (Wildman–Crippen LogP) is 3.65. The molecule has 0 aliphatic carbocycles. The van der Waals surface area contributed by atoms with E-state index >= 15 is 0 Å². The molecule has 1 N–H and O–H groups in total. The molecule has 0 unspecified atom stereocenters. The summed E-state index contributed by atoms with van der Waals surface area (Å²) < 4.78 is 3.10. The molecule has 0 fully saturated rings. The molecule has 1 heterocycles. The number of amides is 1. The van der Waals surface area contributed by atoms with Gasteiger partial charge in [-0.05, 0) is 60.5 Å². The second-order valence-corrected chi connectivity index (χ2v) is 5.61. The lowest BCUT2D eigenvalue weighted by molar-refractivity contribution is 0.0953. The first-order valence-corrected chi connectivity index (χ1v) is 6.78. The minimum Gasteiger partial charge on any atom is -0.354 e. The minimum absolute atomic E-state index is 0.0514. The van der Waals surface area contributed by atoms with Gasteiger partial charge in [0.05, 0.1) is 5.52 Å². The number of hydrogen-bond donors (Lipinski definition) is 1. The van der Waals surface area contributed by atoms with Crippen molar-refractivity contribution in [3.8, 4) is 0 Å². The van der Waals surface area contributed by atoms with Gasteiger partial charge in [-0.25, -0.2) is 0 Å². The van der Waals surface area contributed by atoms with Crippen molar-refractivity contribution in [1.82, 2.24) is 9.88 Å². The number of aromatic nitrogens is 1. The number of carbonyl (C=O) groups excluding carboxylic acids is 1. The molecular formula is C14H17BrN2O. The Morgan fingerprint density at radius 3 is 2.56 bits per heavy atom. The maximum absolute atomic E-state index is 12.0. The molecule has 0 aliphatic heterocycles. The molecule has 0 aliphatic rings. The van der Waals surface area contributed by atoms with Crippen LogP contribution in [0.3, 0.4) is 0 Å². The van der Waals surface area contributed by atoms with Gasteiger partial charge < -0.3 is 9.88 Å². The van der Waals surface area contributed by atoms with Crippen LogP contribution in [0.2, 0.25) is 0 Å². The number of hydrogen-bond acceptors (Lipinski definition) is 1. The van der Waals surface area contributed by atoms with Gasteiger partial charge in [-0.15, -0.1) is 0 Å². The molecule has 2 rings (SSSR count). The molecule has 0 atom stereocenters. The molecule has 0 radical (unpaired) electrons. The van der Waals surface area contributed by atoms with Crippen molar-refractivity contribution in [1.29, 1.82) is 0 Å².